The summed E-state index contributed by atoms with van der Waals surface area (Å²) in [6, 6.07) is 3.00. The first-order valence-electron chi connectivity index (χ1n) is 7.66. The quantitative estimate of drug-likeness (QED) is 0.592. The predicted octanol–water partition coefficient (Wildman–Crippen LogP) is 2.40. The van der Waals surface area contributed by atoms with Crippen molar-refractivity contribution in [2.75, 3.05) is 20.8 Å². The summed E-state index contributed by atoms with van der Waals surface area (Å²) in [5, 5.41) is 9.37. The zero-order valence-electron chi connectivity index (χ0n) is 14.8. The van der Waals surface area contributed by atoms with Gasteiger partial charge in [-0.2, -0.15) is 0 Å². The Bertz CT molecular complexity index is 747. The van der Waals surface area contributed by atoms with Gasteiger partial charge in [-0.15, -0.1) is 0 Å². The molecular formula is C17H19NO7S. The number of phenolic OH excluding ortho intramolecular Hbond substituents is 1. The smallest absolute Gasteiger partial charge is 0.326 e. The first-order valence-corrected chi connectivity index (χ1v) is 8.48. The number of imide groups is 1. The molecule has 2 rings (SSSR count). The van der Waals surface area contributed by atoms with E-state index in [1.54, 1.807) is 13.8 Å². The molecule has 0 unspecified atom stereocenters. The van der Waals surface area contributed by atoms with Gasteiger partial charge in [-0.3, -0.25) is 19.3 Å². The van der Waals surface area contributed by atoms with Crippen LogP contribution in [-0.4, -0.2) is 54.0 Å². The SMILES string of the molecule is COc1cc(/C=C2/SC(=O)N(CC(=O)OC(C)C)C2=O)cc(OC)c1O. The highest BCUT2D eigenvalue weighted by Gasteiger charge is 2.36. The lowest BCUT2D eigenvalue weighted by Gasteiger charge is -2.13. The van der Waals surface area contributed by atoms with Gasteiger partial charge in [-0.25, -0.2) is 0 Å². The second-order valence-corrected chi connectivity index (χ2v) is 6.57. The molecule has 1 heterocycles. The minimum Gasteiger partial charge on any atom is -0.502 e. The number of rotatable bonds is 6. The van der Waals surface area contributed by atoms with E-state index in [1.165, 1.54) is 32.4 Å². The Labute approximate surface area is 154 Å². The van der Waals surface area contributed by atoms with Gasteiger partial charge in [0, 0.05) is 0 Å². The molecule has 0 spiro atoms. The zero-order chi connectivity index (χ0) is 19.4. The lowest BCUT2D eigenvalue weighted by molar-refractivity contribution is -0.149. The van der Waals surface area contributed by atoms with Gasteiger partial charge in [0.15, 0.2) is 11.5 Å². The van der Waals surface area contributed by atoms with E-state index in [0.717, 1.165) is 4.90 Å². The Morgan fingerprint density at radius 3 is 2.31 bits per heavy atom. The van der Waals surface area contributed by atoms with Gasteiger partial charge in [0.05, 0.1) is 25.2 Å². The number of carbonyl (C=O) groups excluding carboxylic acids is 3. The number of benzene rings is 1. The number of thioether (sulfide) groups is 1. The maximum Gasteiger partial charge on any atom is 0.326 e. The zero-order valence-corrected chi connectivity index (χ0v) is 15.6. The fourth-order valence-electron chi connectivity index (χ4n) is 2.21. The normalized spacial score (nSPS) is 15.7. The van der Waals surface area contributed by atoms with E-state index < -0.39 is 23.7 Å². The topological polar surface area (TPSA) is 102 Å². The molecule has 140 valence electrons. The van der Waals surface area contributed by atoms with Crippen molar-refractivity contribution in [3.63, 3.8) is 0 Å². The number of hydrogen-bond acceptors (Lipinski definition) is 8. The number of carbonyl (C=O) groups is 3. The van der Waals surface area contributed by atoms with Gasteiger partial charge in [-0.05, 0) is 49.4 Å². The number of esters is 1. The van der Waals surface area contributed by atoms with Gasteiger partial charge in [-0.1, -0.05) is 0 Å². The van der Waals surface area contributed by atoms with Crippen LogP contribution in [-0.2, 0) is 14.3 Å². The molecule has 9 heteroatoms. The summed E-state index contributed by atoms with van der Waals surface area (Å²) in [5.41, 5.74) is 0.492. The van der Waals surface area contributed by atoms with Crippen LogP contribution >= 0.6 is 11.8 Å². The third-order valence-corrected chi connectivity index (χ3v) is 4.24. The van der Waals surface area contributed by atoms with Crippen LogP contribution in [0.25, 0.3) is 6.08 Å². The fraction of sp³-hybridized carbons (Fsp3) is 0.353. The second-order valence-electron chi connectivity index (χ2n) is 5.58. The van der Waals surface area contributed by atoms with Crippen LogP contribution in [0.2, 0.25) is 0 Å². The average molecular weight is 381 g/mol. The van der Waals surface area contributed by atoms with Crippen LogP contribution in [0.15, 0.2) is 17.0 Å². The van der Waals surface area contributed by atoms with Gasteiger partial charge >= 0.3 is 5.97 Å². The number of methoxy groups -OCH3 is 2. The molecule has 1 N–H and O–H groups in total. The van der Waals surface area contributed by atoms with E-state index in [0.29, 0.717) is 17.3 Å². The highest BCUT2D eigenvalue weighted by molar-refractivity contribution is 8.18. The lowest BCUT2D eigenvalue weighted by Crippen LogP contribution is -2.35. The number of ether oxygens (including phenoxy) is 3. The molecule has 0 atom stereocenters. The number of nitrogens with zero attached hydrogens (tertiary/aromatic N) is 1. The van der Waals surface area contributed by atoms with Crippen molar-refractivity contribution in [1.29, 1.82) is 0 Å². The summed E-state index contributed by atoms with van der Waals surface area (Å²) >= 11 is 0.715. The number of hydrogen-bond donors (Lipinski definition) is 1. The van der Waals surface area contributed by atoms with Crippen LogP contribution in [0.4, 0.5) is 4.79 Å². The summed E-state index contributed by atoms with van der Waals surface area (Å²) in [6.07, 6.45) is 1.12. The van der Waals surface area contributed by atoms with Crippen molar-refractivity contribution in [3.05, 3.63) is 22.6 Å². The van der Waals surface area contributed by atoms with E-state index >= 15 is 0 Å². The van der Waals surface area contributed by atoms with E-state index in [-0.39, 0.29) is 28.3 Å². The summed E-state index contributed by atoms with van der Waals surface area (Å²) in [4.78, 5) is 37.1. The fourth-order valence-corrected chi connectivity index (χ4v) is 3.05. The summed E-state index contributed by atoms with van der Waals surface area (Å²) < 4.78 is 15.1. The molecule has 0 saturated carbocycles. The Balaban J connectivity index is 2.26. The molecule has 1 aliphatic rings. The lowest BCUT2D eigenvalue weighted by atomic mass is 10.1. The predicted molar refractivity (Wildman–Crippen MR) is 95.1 cm³/mol. The van der Waals surface area contributed by atoms with E-state index in [9.17, 15) is 19.5 Å². The summed E-state index contributed by atoms with van der Waals surface area (Å²) in [7, 11) is 2.76. The van der Waals surface area contributed by atoms with Crippen molar-refractivity contribution in [2.45, 2.75) is 20.0 Å². The number of aromatic hydroxyl groups is 1. The Kier molecular flexibility index (Phi) is 6.14. The van der Waals surface area contributed by atoms with Crippen molar-refractivity contribution in [3.8, 4) is 17.2 Å². The largest absolute Gasteiger partial charge is 0.502 e. The van der Waals surface area contributed by atoms with Crippen molar-refractivity contribution >= 4 is 35.0 Å². The molecule has 1 fully saturated rings. The third-order valence-electron chi connectivity index (χ3n) is 3.33. The van der Waals surface area contributed by atoms with E-state index in [2.05, 4.69) is 0 Å². The highest BCUT2D eigenvalue weighted by Crippen LogP contribution is 2.39. The molecule has 1 aliphatic heterocycles. The van der Waals surface area contributed by atoms with Crippen molar-refractivity contribution in [2.24, 2.45) is 0 Å². The summed E-state index contributed by atoms with van der Waals surface area (Å²) in [5.74, 6) is -1.09. The average Bonchev–Trinajstić information content (AvgIpc) is 2.83. The maximum atomic E-state index is 12.4. The third kappa shape index (κ3) is 4.29. The van der Waals surface area contributed by atoms with Crippen LogP contribution in [0.5, 0.6) is 17.2 Å². The molecule has 8 nitrogen and oxygen atoms in total. The van der Waals surface area contributed by atoms with E-state index in [1.807, 2.05) is 0 Å². The Hall–Kier alpha value is -2.68. The van der Waals surface area contributed by atoms with E-state index in [4.69, 9.17) is 14.2 Å². The standard InChI is InChI=1S/C17H19NO7S/c1-9(2)25-14(19)8-18-16(21)13(26-17(18)22)7-10-5-11(23-3)15(20)12(6-10)24-4/h5-7,9,20H,8H2,1-4H3/b13-7+. The molecule has 1 aromatic rings. The molecule has 2 amide bonds. The van der Waals surface area contributed by atoms with Gasteiger partial charge in [0.25, 0.3) is 11.1 Å². The van der Waals surface area contributed by atoms with Crippen molar-refractivity contribution in [1.82, 2.24) is 4.90 Å². The van der Waals surface area contributed by atoms with Crippen LogP contribution in [0, 0.1) is 0 Å². The molecule has 0 aromatic heterocycles. The molecule has 0 radical (unpaired) electrons. The first kappa shape index (κ1) is 19.6. The number of amides is 2. The molecule has 0 aliphatic carbocycles. The monoisotopic (exact) mass is 381 g/mol. The van der Waals surface area contributed by atoms with Crippen LogP contribution in [0.1, 0.15) is 19.4 Å². The molecule has 0 bridgehead atoms. The Morgan fingerprint density at radius 1 is 1.23 bits per heavy atom. The van der Waals surface area contributed by atoms with Crippen LogP contribution in [0.3, 0.4) is 0 Å². The van der Waals surface area contributed by atoms with Gasteiger partial charge in [0.2, 0.25) is 5.75 Å². The molecule has 26 heavy (non-hydrogen) atoms. The van der Waals surface area contributed by atoms with Gasteiger partial charge < -0.3 is 19.3 Å². The molecule has 1 aromatic carbocycles. The van der Waals surface area contributed by atoms with Gasteiger partial charge in [0.1, 0.15) is 6.54 Å². The minimum atomic E-state index is -0.656. The maximum absolute atomic E-state index is 12.4. The molecular weight excluding hydrogens is 362 g/mol. The summed E-state index contributed by atoms with van der Waals surface area (Å²) in [6.45, 7) is 2.91. The van der Waals surface area contributed by atoms with Crippen LogP contribution < -0.4 is 9.47 Å². The second kappa shape index (κ2) is 8.13. The molecule has 1 saturated heterocycles. The van der Waals surface area contributed by atoms with Crippen molar-refractivity contribution < 1.29 is 33.7 Å². The Morgan fingerprint density at radius 2 is 1.81 bits per heavy atom. The minimum absolute atomic E-state index is 0.141. The number of phenols is 1. The highest BCUT2D eigenvalue weighted by atomic mass is 32.2. The first-order chi connectivity index (χ1) is 12.3.